The highest BCUT2D eigenvalue weighted by Crippen LogP contribution is 2.05. The molecule has 0 aliphatic carbocycles. The standard InChI is InChI=1S/C14H19NO3/c1-10(2)8-12(14(17)18)15-9-13(16)11-6-4-3-5-7-11/h3-7,10,12,15H,8-9H2,1-2H3,(H,17,18). The summed E-state index contributed by atoms with van der Waals surface area (Å²) in [6, 6.07) is 8.19. The van der Waals surface area contributed by atoms with E-state index in [2.05, 4.69) is 5.32 Å². The van der Waals surface area contributed by atoms with Gasteiger partial charge in [0.15, 0.2) is 5.78 Å². The molecule has 0 saturated carbocycles. The molecule has 1 rings (SSSR count). The monoisotopic (exact) mass is 249 g/mol. The van der Waals surface area contributed by atoms with E-state index in [0.717, 1.165) is 0 Å². The molecule has 2 N–H and O–H groups in total. The first-order chi connectivity index (χ1) is 8.50. The lowest BCUT2D eigenvalue weighted by Gasteiger charge is -2.15. The topological polar surface area (TPSA) is 66.4 Å². The van der Waals surface area contributed by atoms with E-state index in [0.29, 0.717) is 12.0 Å². The molecule has 0 heterocycles. The molecule has 0 aliphatic rings. The number of carbonyl (C=O) groups excluding carboxylic acids is 1. The number of Topliss-reactive ketones (excluding diaryl/α,β-unsaturated/α-hetero) is 1. The van der Waals surface area contributed by atoms with Gasteiger partial charge in [0.05, 0.1) is 6.54 Å². The minimum Gasteiger partial charge on any atom is -0.480 e. The Morgan fingerprint density at radius 1 is 1.22 bits per heavy atom. The van der Waals surface area contributed by atoms with Gasteiger partial charge in [-0.1, -0.05) is 44.2 Å². The smallest absolute Gasteiger partial charge is 0.320 e. The van der Waals surface area contributed by atoms with Gasteiger partial charge in [0, 0.05) is 5.56 Å². The maximum absolute atomic E-state index is 11.8. The van der Waals surface area contributed by atoms with E-state index in [1.54, 1.807) is 24.3 Å². The van der Waals surface area contributed by atoms with Crippen molar-refractivity contribution in [2.24, 2.45) is 5.92 Å². The van der Waals surface area contributed by atoms with Gasteiger partial charge in [0.2, 0.25) is 0 Å². The Bertz CT molecular complexity index is 401. The van der Waals surface area contributed by atoms with E-state index in [4.69, 9.17) is 5.11 Å². The van der Waals surface area contributed by atoms with Gasteiger partial charge < -0.3 is 5.11 Å². The van der Waals surface area contributed by atoms with Crippen molar-refractivity contribution in [1.82, 2.24) is 5.32 Å². The molecule has 4 nitrogen and oxygen atoms in total. The molecule has 1 aromatic rings. The van der Waals surface area contributed by atoms with E-state index in [-0.39, 0.29) is 18.2 Å². The van der Waals surface area contributed by atoms with Crippen LogP contribution in [0, 0.1) is 5.92 Å². The van der Waals surface area contributed by atoms with Crippen molar-refractivity contribution in [2.45, 2.75) is 26.3 Å². The quantitative estimate of drug-likeness (QED) is 0.725. The Labute approximate surface area is 107 Å². The van der Waals surface area contributed by atoms with Crippen LogP contribution in [0.15, 0.2) is 30.3 Å². The summed E-state index contributed by atoms with van der Waals surface area (Å²) >= 11 is 0. The third kappa shape index (κ3) is 4.67. The lowest BCUT2D eigenvalue weighted by Crippen LogP contribution is -2.40. The number of carboxylic acids is 1. The van der Waals surface area contributed by atoms with Gasteiger partial charge >= 0.3 is 5.97 Å². The molecule has 1 unspecified atom stereocenters. The summed E-state index contributed by atoms with van der Waals surface area (Å²) in [5, 5.41) is 11.8. The van der Waals surface area contributed by atoms with E-state index >= 15 is 0 Å². The number of carboxylic acid groups (broad SMARTS) is 1. The average Bonchev–Trinajstić information content (AvgIpc) is 2.34. The SMILES string of the molecule is CC(C)CC(NCC(=O)c1ccccc1)C(=O)O. The highest BCUT2D eigenvalue weighted by molar-refractivity contribution is 5.97. The Hall–Kier alpha value is -1.68. The second kappa shape index (κ2) is 6.91. The molecule has 1 atom stereocenters. The maximum atomic E-state index is 11.8. The summed E-state index contributed by atoms with van der Waals surface area (Å²) < 4.78 is 0. The Balaban J connectivity index is 2.52. The average molecular weight is 249 g/mol. The van der Waals surface area contributed by atoms with Crippen LogP contribution in [-0.4, -0.2) is 29.4 Å². The number of rotatable bonds is 7. The normalized spacial score (nSPS) is 12.4. The molecular formula is C14H19NO3. The van der Waals surface area contributed by atoms with Gasteiger partial charge in [0.25, 0.3) is 0 Å². The van der Waals surface area contributed by atoms with Crippen LogP contribution in [0.2, 0.25) is 0 Å². The molecule has 0 amide bonds. The number of nitrogens with one attached hydrogen (secondary N) is 1. The third-order valence-corrected chi connectivity index (χ3v) is 2.61. The summed E-state index contributed by atoms with van der Waals surface area (Å²) in [5.41, 5.74) is 0.596. The Morgan fingerprint density at radius 2 is 1.83 bits per heavy atom. The van der Waals surface area contributed by atoms with Gasteiger partial charge in [-0.05, 0) is 12.3 Å². The van der Waals surface area contributed by atoms with Crippen molar-refractivity contribution < 1.29 is 14.7 Å². The molecule has 0 saturated heterocycles. The molecule has 98 valence electrons. The first kappa shape index (κ1) is 14.4. The molecule has 0 fully saturated rings. The molecule has 0 bridgehead atoms. The molecular weight excluding hydrogens is 230 g/mol. The highest BCUT2D eigenvalue weighted by Gasteiger charge is 2.19. The minimum atomic E-state index is -0.912. The molecule has 0 aliphatic heterocycles. The molecule has 4 heteroatoms. The van der Waals surface area contributed by atoms with Gasteiger partial charge in [-0.3, -0.25) is 14.9 Å². The van der Waals surface area contributed by atoms with Gasteiger partial charge in [-0.25, -0.2) is 0 Å². The van der Waals surface area contributed by atoms with E-state index < -0.39 is 12.0 Å². The first-order valence-corrected chi connectivity index (χ1v) is 6.05. The van der Waals surface area contributed by atoms with E-state index in [1.807, 2.05) is 19.9 Å². The summed E-state index contributed by atoms with van der Waals surface area (Å²) in [7, 11) is 0. The number of hydrogen-bond donors (Lipinski definition) is 2. The van der Waals surface area contributed by atoms with Crippen LogP contribution in [0.5, 0.6) is 0 Å². The van der Waals surface area contributed by atoms with Gasteiger partial charge in [-0.2, -0.15) is 0 Å². The number of benzene rings is 1. The van der Waals surface area contributed by atoms with Crippen molar-refractivity contribution in [3.63, 3.8) is 0 Å². The van der Waals surface area contributed by atoms with Crippen LogP contribution in [-0.2, 0) is 4.79 Å². The lowest BCUT2D eigenvalue weighted by atomic mass is 10.0. The molecule has 18 heavy (non-hydrogen) atoms. The van der Waals surface area contributed by atoms with Gasteiger partial charge in [-0.15, -0.1) is 0 Å². The number of aliphatic carboxylic acids is 1. The van der Waals surface area contributed by atoms with Crippen LogP contribution in [0.25, 0.3) is 0 Å². The fraction of sp³-hybridized carbons (Fsp3) is 0.429. The first-order valence-electron chi connectivity index (χ1n) is 6.05. The molecule has 1 aromatic carbocycles. The second-order valence-corrected chi connectivity index (χ2v) is 4.69. The zero-order valence-electron chi connectivity index (χ0n) is 10.7. The maximum Gasteiger partial charge on any atom is 0.320 e. The predicted octanol–water partition coefficient (Wildman–Crippen LogP) is 1.96. The zero-order chi connectivity index (χ0) is 13.5. The van der Waals surface area contributed by atoms with Crippen LogP contribution < -0.4 is 5.32 Å². The van der Waals surface area contributed by atoms with Crippen molar-refractivity contribution in [3.05, 3.63) is 35.9 Å². The van der Waals surface area contributed by atoms with Crippen molar-refractivity contribution >= 4 is 11.8 Å². The number of hydrogen-bond acceptors (Lipinski definition) is 3. The van der Waals surface area contributed by atoms with Crippen molar-refractivity contribution in [3.8, 4) is 0 Å². The minimum absolute atomic E-state index is 0.0493. The number of ketones is 1. The molecule has 0 spiro atoms. The van der Waals surface area contributed by atoms with Crippen LogP contribution in [0.3, 0.4) is 0 Å². The van der Waals surface area contributed by atoms with Crippen molar-refractivity contribution in [1.29, 1.82) is 0 Å². The highest BCUT2D eigenvalue weighted by atomic mass is 16.4. The summed E-state index contributed by atoms with van der Waals surface area (Å²) in [6.45, 7) is 3.96. The Kier molecular flexibility index (Phi) is 5.52. The van der Waals surface area contributed by atoms with Crippen LogP contribution in [0.1, 0.15) is 30.6 Å². The lowest BCUT2D eigenvalue weighted by molar-refractivity contribution is -0.139. The van der Waals surface area contributed by atoms with Crippen LogP contribution >= 0.6 is 0 Å². The summed E-state index contributed by atoms with van der Waals surface area (Å²) in [5.74, 6) is -0.736. The number of carbonyl (C=O) groups is 2. The Morgan fingerprint density at radius 3 is 2.33 bits per heavy atom. The molecule has 0 aromatic heterocycles. The van der Waals surface area contributed by atoms with Crippen molar-refractivity contribution in [2.75, 3.05) is 6.54 Å². The largest absolute Gasteiger partial charge is 0.480 e. The fourth-order valence-corrected chi connectivity index (χ4v) is 1.68. The van der Waals surface area contributed by atoms with E-state index in [9.17, 15) is 9.59 Å². The van der Waals surface area contributed by atoms with E-state index in [1.165, 1.54) is 0 Å². The zero-order valence-corrected chi connectivity index (χ0v) is 10.7. The molecule has 0 radical (unpaired) electrons. The third-order valence-electron chi connectivity index (χ3n) is 2.61. The van der Waals surface area contributed by atoms with Gasteiger partial charge in [0.1, 0.15) is 6.04 Å². The predicted molar refractivity (Wildman–Crippen MR) is 69.7 cm³/mol. The summed E-state index contributed by atoms with van der Waals surface area (Å²) in [4.78, 5) is 22.8. The summed E-state index contributed by atoms with van der Waals surface area (Å²) in [6.07, 6.45) is 0.511. The fourth-order valence-electron chi connectivity index (χ4n) is 1.68. The second-order valence-electron chi connectivity index (χ2n) is 4.69. The van der Waals surface area contributed by atoms with Crippen LogP contribution in [0.4, 0.5) is 0 Å².